The third-order valence-electron chi connectivity index (χ3n) is 5.77. The van der Waals surface area contributed by atoms with Crippen molar-refractivity contribution in [2.24, 2.45) is 5.73 Å². The molecule has 0 saturated heterocycles. The van der Waals surface area contributed by atoms with Crippen molar-refractivity contribution in [1.29, 1.82) is 0 Å². The van der Waals surface area contributed by atoms with Gasteiger partial charge in [-0.05, 0) is 67.3 Å². The average Bonchev–Trinajstić information content (AvgIpc) is 3.16. The molecule has 178 valence electrons. The van der Waals surface area contributed by atoms with Crippen LogP contribution in [0.25, 0.3) is 22.1 Å². The molecule has 3 aromatic carbocycles. The molecular formula is C29H33NO4. The number of aldehydes is 1. The van der Waals surface area contributed by atoms with Crippen molar-refractivity contribution in [3.8, 4) is 16.9 Å². The van der Waals surface area contributed by atoms with Crippen molar-refractivity contribution in [3.63, 3.8) is 0 Å². The molecule has 0 aliphatic heterocycles. The molecule has 4 rings (SSSR count). The molecule has 0 saturated carbocycles. The van der Waals surface area contributed by atoms with Crippen LogP contribution in [0.5, 0.6) is 5.75 Å². The molecule has 0 aliphatic rings. The minimum Gasteiger partial charge on any atom is -0.489 e. The van der Waals surface area contributed by atoms with Gasteiger partial charge >= 0.3 is 0 Å². The predicted molar refractivity (Wildman–Crippen MR) is 137 cm³/mol. The highest BCUT2D eigenvalue weighted by Crippen LogP contribution is 2.35. The lowest BCUT2D eigenvalue weighted by Crippen LogP contribution is -2.00. The fourth-order valence-electron chi connectivity index (χ4n) is 3.72. The Hall–Kier alpha value is -3.41. The zero-order valence-electron chi connectivity index (χ0n) is 20.4. The van der Waals surface area contributed by atoms with E-state index in [1.165, 1.54) is 0 Å². The first-order valence-electron chi connectivity index (χ1n) is 11.5. The summed E-state index contributed by atoms with van der Waals surface area (Å²) in [4.78, 5) is 11.0. The number of hydrogen-bond donors (Lipinski definition) is 1. The first kappa shape index (κ1) is 25.2. The van der Waals surface area contributed by atoms with Crippen molar-refractivity contribution >= 4 is 17.3 Å². The Bertz CT molecular complexity index is 1240. The molecule has 4 aromatic rings. The SMILES string of the molecule is CCOC.Cc1oc2c(-c3cccc(CN)c3)cc(COc3ccccc3CC=O)cc2c1C. The molecule has 1 heterocycles. The monoisotopic (exact) mass is 459 g/mol. The van der Waals surface area contributed by atoms with E-state index in [2.05, 4.69) is 35.9 Å². The van der Waals surface area contributed by atoms with Crippen LogP contribution in [0.4, 0.5) is 0 Å². The minimum atomic E-state index is 0.340. The number of methoxy groups -OCH3 is 1. The molecular weight excluding hydrogens is 426 g/mol. The number of carbonyl (C=O) groups excluding carboxylic acids is 1. The van der Waals surface area contributed by atoms with Gasteiger partial charge in [0, 0.05) is 43.2 Å². The first-order chi connectivity index (χ1) is 16.5. The van der Waals surface area contributed by atoms with Crippen LogP contribution in [-0.2, 0) is 29.1 Å². The maximum absolute atomic E-state index is 11.0. The van der Waals surface area contributed by atoms with E-state index < -0.39 is 0 Å². The molecule has 0 aliphatic carbocycles. The minimum absolute atomic E-state index is 0.340. The van der Waals surface area contributed by atoms with Gasteiger partial charge in [0.25, 0.3) is 0 Å². The largest absolute Gasteiger partial charge is 0.489 e. The number of fused-ring (bicyclic) bond motifs is 1. The Balaban J connectivity index is 0.000000751. The Morgan fingerprint density at radius 1 is 1.00 bits per heavy atom. The Labute approximate surface area is 201 Å². The molecule has 1 aromatic heterocycles. The second-order valence-electron chi connectivity index (χ2n) is 8.05. The molecule has 0 bridgehead atoms. The second-order valence-corrected chi connectivity index (χ2v) is 8.05. The lowest BCUT2D eigenvalue weighted by Gasteiger charge is -2.12. The number of aryl methyl sites for hydroxylation is 2. The topological polar surface area (TPSA) is 74.7 Å². The highest BCUT2D eigenvalue weighted by Gasteiger charge is 2.15. The molecule has 0 amide bonds. The summed E-state index contributed by atoms with van der Waals surface area (Å²) >= 11 is 0. The average molecular weight is 460 g/mol. The van der Waals surface area contributed by atoms with Gasteiger partial charge in [0.2, 0.25) is 0 Å². The van der Waals surface area contributed by atoms with Crippen LogP contribution >= 0.6 is 0 Å². The molecule has 0 spiro atoms. The summed E-state index contributed by atoms with van der Waals surface area (Å²) in [5.74, 6) is 1.65. The van der Waals surface area contributed by atoms with Gasteiger partial charge in [0.15, 0.2) is 0 Å². The van der Waals surface area contributed by atoms with Crippen molar-refractivity contribution in [3.05, 3.63) is 88.7 Å². The Morgan fingerprint density at radius 2 is 1.76 bits per heavy atom. The molecule has 5 nitrogen and oxygen atoms in total. The first-order valence-corrected chi connectivity index (χ1v) is 11.5. The van der Waals surface area contributed by atoms with Crippen molar-refractivity contribution < 1.29 is 18.7 Å². The Morgan fingerprint density at radius 3 is 2.47 bits per heavy atom. The summed E-state index contributed by atoms with van der Waals surface area (Å²) < 4.78 is 16.8. The Kier molecular flexibility index (Phi) is 9.02. The highest BCUT2D eigenvalue weighted by atomic mass is 16.5. The van der Waals surface area contributed by atoms with Gasteiger partial charge in [-0.3, -0.25) is 0 Å². The number of benzene rings is 3. The number of para-hydroxylation sites is 1. The summed E-state index contributed by atoms with van der Waals surface area (Å²) in [6, 6.07) is 20.1. The van der Waals surface area contributed by atoms with E-state index in [1.807, 2.05) is 50.2 Å². The van der Waals surface area contributed by atoms with Crippen LogP contribution < -0.4 is 10.5 Å². The van der Waals surface area contributed by atoms with E-state index in [-0.39, 0.29) is 0 Å². The number of nitrogens with two attached hydrogens (primary N) is 1. The molecule has 34 heavy (non-hydrogen) atoms. The molecule has 0 atom stereocenters. The van der Waals surface area contributed by atoms with Crippen LogP contribution in [0.1, 0.15) is 34.9 Å². The third kappa shape index (κ3) is 5.93. The quantitative estimate of drug-likeness (QED) is 0.320. The summed E-state index contributed by atoms with van der Waals surface area (Å²) in [6.45, 7) is 7.73. The van der Waals surface area contributed by atoms with E-state index in [4.69, 9.17) is 14.9 Å². The molecule has 0 radical (unpaired) electrons. The molecule has 2 N–H and O–H groups in total. The number of furan rings is 1. The maximum atomic E-state index is 11.0. The second kappa shape index (κ2) is 12.2. The van der Waals surface area contributed by atoms with Gasteiger partial charge in [-0.25, -0.2) is 0 Å². The van der Waals surface area contributed by atoms with E-state index in [9.17, 15) is 4.79 Å². The highest BCUT2D eigenvalue weighted by molar-refractivity contribution is 5.95. The number of hydrogen-bond acceptors (Lipinski definition) is 5. The van der Waals surface area contributed by atoms with E-state index in [0.29, 0.717) is 19.6 Å². The normalized spacial score (nSPS) is 10.6. The zero-order chi connectivity index (χ0) is 24.5. The summed E-state index contributed by atoms with van der Waals surface area (Å²) in [5.41, 5.74) is 13.0. The van der Waals surface area contributed by atoms with Crippen LogP contribution in [0.2, 0.25) is 0 Å². The molecule has 0 unspecified atom stereocenters. The standard InChI is InChI=1S/C26H25NO3.C3H8O/c1-17-18(2)30-26-23(17)13-20(14-24(26)22-8-5-6-19(12-22)15-27)16-29-25-9-4-3-7-21(25)10-11-28;1-3-4-2/h3-9,11-14H,10,15-16,27H2,1-2H3;3H2,1-2H3. The van der Waals surface area contributed by atoms with Crippen LogP contribution in [0, 0.1) is 13.8 Å². The third-order valence-corrected chi connectivity index (χ3v) is 5.77. The van der Waals surface area contributed by atoms with Gasteiger partial charge in [0.1, 0.15) is 30.0 Å². The number of ether oxygens (including phenoxy) is 2. The van der Waals surface area contributed by atoms with Crippen molar-refractivity contribution in [1.82, 2.24) is 0 Å². The van der Waals surface area contributed by atoms with Gasteiger partial charge in [-0.15, -0.1) is 0 Å². The van der Waals surface area contributed by atoms with E-state index in [1.54, 1.807) is 7.11 Å². The van der Waals surface area contributed by atoms with Gasteiger partial charge in [-0.1, -0.05) is 36.4 Å². The smallest absolute Gasteiger partial charge is 0.142 e. The summed E-state index contributed by atoms with van der Waals surface area (Å²) in [7, 11) is 1.68. The molecule has 0 fully saturated rings. The van der Waals surface area contributed by atoms with E-state index >= 15 is 0 Å². The number of rotatable bonds is 8. The van der Waals surface area contributed by atoms with Crippen molar-refractivity contribution in [2.75, 3.05) is 13.7 Å². The predicted octanol–water partition coefficient (Wildman–Crippen LogP) is 6.15. The lowest BCUT2D eigenvalue weighted by molar-refractivity contribution is -0.107. The lowest BCUT2D eigenvalue weighted by atomic mass is 9.97. The molecule has 5 heteroatoms. The number of carbonyl (C=O) groups is 1. The maximum Gasteiger partial charge on any atom is 0.142 e. The van der Waals surface area contributed by atoms with Crippen molar-refractivity contribution in [2.45, 2.75) is 40.3 Å². The van der Waals surface area contributed by atoms with Crippen LogP contribution in [0.3, 0.4) is 0 Å². The summed E-state index contributed by atoms with van der Waals surface area (Å²) in [6.07, 6.45) is 1.24. The zero-order valence-corrected chi connectivity index (χ0v) is 20.4. The van der Waals surface area contributed by atoms with Crippen LogP contribution in [0.15, 0.2) is 65.1 Å². The van der Waals surface area contributed by atoms with Gasteiger partial charge < -0.3 is 24.4 Å². The van der Waals surface area contributed by atoms with Gasteiger partial charge in [0.05, 0.1) is 0 Å². The van der Waals surface area contributed by atoms with Crippen LogP contribution in [-0.4, -0.2) is 20.0 Å². The van der Waals surface area contributed by atoms with Gasteiger partial charge in [-0.2, -0.15) is 0 Å². The fraction of sp³-hybridized carbons (Fsp3) is 0.276. The summed E-state index contributed by atoms with van der Waals surface area (Å²) in [5, 5.41) is 1.09. The van der Waals surface area contributed by atoms with E-state index in [0.717, 1.165) is 68.8 Å². The fourth-order valence-corrected chi connectivity index (χ4v) is 3.72.